The molecular weight excluding hydrogens is 255 g/mol. The predicted octanol–water partition coefficient (Wildman–Crippen LogP) is 1.49. The number of hydrogen-bond donors (Lipinski definition) is 1. The van der Waals surface area contributed by atoms with Crippen molar-refractivity contribution in [2.75, 3.05) is 3.53 Å². The monoisotopic (exact) mass is 260 g/mol. The van der Waals surface area contributed by atoms with Crippen LogP contribution in [0.4, 0.5) is 5.82 Å². The molecular formula is C6H5IN4. The molecule has 0 bridgehead atoms. The summed E-state index contributed by atoms with van der Waals surface area (Å²) in [6.07, 6.45) is 3.41. The Morgan fingerprint density at radius 2 is 2.45 bits per heavy atom. The van der Waals surface area contributed by atoms with Gasteiger partial charge in [-0.3, -0.25) is 0 Å². The van der Waals surface area contributed by atoms with Gasteiger partial charge in [0.25, 0.3) is 0 Å². The SMILES string of the molecule is INc1ncnn2cccc12. The Morgan fingerprint density at radius 1 is 1.55 bits per heavy atom. The highest BCUT2D eigenvalue weighted by atomic mass is 127. The van der Waals surface area contributed by atoms with Gasteiger partial charge in [0, 0.05) is 6.20 Å². The van der Waals surface area contributed by atoms with Gasteiger partial charge in [-0.25, -0.2) is 9.50 Å². The van der Waals surface area contributed by atoms with Gasteiger partial charge in [0.15, 0.2) is 5.82 Å². The van der Waals surface area contributed by atoms with Crippen molar-refractivity contribution in [2.24, 2.45) is 0 Å². The highest BCUT2D eigenvalue weighted by Crippen LogP contribution is 2.13. The summed E-state index contributed by atoms with van der Waals surface area (Å²) in [4.78, 5) is 4.05. The van der Waals surface area contributed by atoms with Crippen molar-refractivity contribution in [3.05, 3.63) is 24.7 Å². The van der Waals surface area contributed by atoms with Crippen LogP contribution >= 0.6 is 22.9 Å². The number of nitrogens with zero attached hydrogens (tertiary/aromatic N) is 3. The second kappa shape index (κ2) is 2.65. The van der Waals surface area contributed by atoms with Crippen molar-refractivity contribution in [1.82, 2.24) is 14.6 Å². The molecule has 0 spiro atoms. The van der Waals surface area contributed by atoms with Crippen molar-refractivity contribution >= 4 is 34.2 Å². The molecule has 0 fully saturated rings. The lowest BCUT2D eigenvalue weighted by atomic mass is 10.5. The Bertz CT molecular complexity index is 369. The van der Waals surface area contributed by atoms with E-state index in [1.165, 1.54) is 6.33 Å². The molecule has 0 aliphatic carbocycles. The van der Waals surface area contributed by atoms with Crippen LogP contribution < -0.4 is 3.53 Å². The van der Waals surface area contributed by atoms with Gasteiger partial charge in [0.2, 0.25) is 0 Å². The van der Waals surface area contributed by atoms with E-state index in [0.717, 1.165) is 11.3 Å². The van der Waals surface area contributed by atoms with Crippen molar-refractivity contribution < 1.29 is 0 Å². The number of hydrogen-bond acceptors (Lipinski definition) is 3. The molecule has 0 radical (unpaired) electrons. The summed E-state index contributed by atoms with van der Waals surface area (Å²) >= 11 is 2.05. The minimum atomic E-state index is 0.839. The van der Waals surface area contributed by atoms with Crippen molar-refractivity contribution in [1.29, 1.82) is 0 Å². The minimum absolute atomic E-state index is 0.839. The van der Waals surface area contributed by atoms with E-state index in [4.69, 9.17) is 0 Å². The molecule has 0 atom stereocenters. The average Bonchev–Trinajstić information content (AvgIpc) is 2.50. The molecule has 1 N–H and O–H groups in total. The second-order valence-electron chi connectivity index (χ2n) is 2.04. The van der Waals surface area contributed by atoms with Gasteiger partial charge in [-0.1, -0.05) is 0 Å². The molecule has 2 rings (SSSR count). The average molecular weight is 260 g/mol. The molecule has 2 aromatic rings. The Balaban J connectivity index is 2.79. The summed E-state index contributed by atoms with van der Waals surface area (Å²) in [6.45, 7) is 0. The maximum absolute atomic E-state index is 4.05. The van der Waals surface area contributed by atoms with E-state index >= 15 is 0 Å². The fourth-order valence-corrected chi connectivity index (χ4v) is 1.35. The standard InChI is InChI=1S/C6H5IN4/c7-10-6-5-2-1-3-11(5)9-4-8-6/h1-4H,(H,8,9,10). The van der Waals surface area contributed by atoms with Gasteiger partial charge < -0.3 is 3.53 Å². The normalized spacial score (nSPS) is 10.3. The van der Waals surface area contributed by atoms with Crippen molar-refractivity contribution in [2.45, 2.75) is 0 Å². The summed E-state index contributed by atoms with van der Waals surface area (Å²) in [5.74, 6) is 0.839. The van der Waals surface area contributed by atoms with Crippen LogP contribution in [0.25, 0.3) is 5.52 Å². The quantitative estimate of drug-likeness (QED) is 0.624. The van der Waals surface area contributed by atoms with E-state index in [2.05, 4.69) is 13.6 Å². The topological polar surface area (TPSA) is 42.2 Å². The smallest absolute Gasteiger partial charge is 0.162 e. The van der Waals surface area contributed by atoms with Crippen molar-refractivity contribution in [3.63, 3.8) is 0 Å². The van der Waals surface area contributed by atoms with Gasteiger partial charge in [-0.2, -0.15) is 5.10 Å². The number of anilines is 1. The van der Waals surface area contributed by atoms with E-state index < -0.39 is 0 Å². The Kier molecular flexibility index (Phi) is 1.65. The molecule has 0 amide bonds. The highest BCUT2D eigenvalue weighted by Gasteiger charge is 1.98. The molecule has 0 aliphatic heterocycles. The number of fused-ring (bicyclic) bond motifs is 1. The third kappa shape index (κ3) is 1.05. The van der Waals surface area contributed by atoms with Crippen LogP contribution in [-0.2, 0) is 0 Å². The molecule has 0 unspecified atom stereocenters. The molecule has 2 aromatic heterocycles. The van der Waals surface area contributed by atoms with E-state index in [1.807, 2.05) is 41.2 Å². The molecule has 0 saturated carbocycles. The predicted molar refractivity (Wildman–Crippen MR) is 50.6 cm³/mol. The van der Waals surface area contributed by atoms with Gasteiger partial charge in [-0.05, 0) is 12.1 Å². The number of nitrogens with one attached hydrogen (secondary N) is 1. The van der Waals surface area contributed by atoms with Crippen LogP contribution in [0.1, 0.15) is 0 Å². The van der Waals surface area contributed by atoms with Crippen LogP contribution in [0.15, 0.2) is 24.7 Å². The van der Waals surface area contributed by atoms with Gasteiger partial charge >= 0.3 is 0 Å². The van der Waals surface area contributed by atoms with Gasteiger partial charge in [0.1, 0.15) is 11.8 Å². The molecule has 5 heteroatoms. The minimum Gasteiger partial charge on any atom is -0.311 e. The first-order valence-electron chi connectivity index (χ1n) is 3.07. The molecule has 11 heavy (non-hydrogen) atoms. The zero-order valence-electron chi connectivity index (χ0n) is 5.53. The first-order chi connectivity index (χ1) is 5.42. The fraction of sp³-hybridized carbons (Fsp3) is 0. The lowest BCUT2D eigenvalue weighted by Gasteiger charge is -1.97. The summed E-state index contributed by atoms with van der Waals surface area (Å²) in [5, 5.41) is 4.01. The first-order valence-corrected chi connectivity index (χ1v) is 4.14. The van der Waals surface area contributed by atoms with Crippen LogP contribution in [0.3, 0.4) is 0 Å². The van der Waals surface area contributed by atoms with E-state index in [0.29, 0.717) is 0 Å². The Labute approximate surface area is 77.1 Å². The van der Waals surface area contributed by atoms with Crippen molar-refractivity contribution in [3.8, 4) is 0 Å². The maximum atomic E-state index is 4.05. The van der Waals surface area contributed by atoms with Crippen LogP contribution in [0.2, 0.25) is 0 Å². The lowest BCUT2D eigenvalue weighted by molar-refractivity contribution is 0.908. The zero-order valence-corrected chi connectivity index (χ0v) is 7.69. The summed E-state index contributed by atoms with van der Waals surface area (Å²) < 4.78 is 4.73. The number of halogens is 1. The van der Waals surface area contributed by atoms with Gasteiger partial charge in [-0.15, -0.1) is 0 Å². The van der Waals surface area contributed by atoms with E-state index in [9.17, 15) is 0 Å². The molecule has 2 heterocycles. The third-order valence-electron chi connectivity index (χ3n) is 1.42. The van der Waals surface area contributed by atoms with E-state index in [-0.39, 0.29) is 0 Å². The van der Waals surface area contributed by atoms with Gasteiger partial charge in [0.05, 0.1) is 22.9 Å². The summed E-state index contributed by atoms with van der Waals surface area (Å²) in [5.41, 5.74) is 0.988. The fourth-order valence-electron chi connectivity index (χ4n) is 0.939. The second-order valence-corrected chi connectivity index (χ2v) is 2.58. The van der Waals surface area contributed by atoms with Crippen LogP contribution in [0.5, 0.6) is 0 Å². The van der Waals surface area contributed by atoms with E-state index in [1.54, 1.807) is 4.52 Å². The maximum Gasteiger partial charge on any atom is 0.162 e. The summed E-state index contributed by atoms with van der Waals surface area (Å²) in [7, 11) is 0. The zero-order chi connectivity index (χ0) is 7.68. The highest BCUT2D eigenvalue weighted by molar-refractivity contribution is 14.1. The van der Waals surface area contributed by atoms with Crippen LogP contribution in [0, 0.1) is 0 Å². The molecule has 56 valence electrons. The lowest BCUT2D eigenvalue weighted by Crippen LogP contribution is -1.94. The Morgan fingerprint density at radius 3 is 3.27 bits per heavy atom. The third-order valence-corrected chi connectivity index (χ3v) is 1.93. The number of aromatic nitrogens is 3. The molecule has 0 aromatic carbocycles. The largest absolute Gasteiger partial charge is 0.311 e. The Hall–Kier alpha value is -0.850. The number of rotatable bonds is 1. The van der Waals surface area contributed by atoms with Crippen LogP contribution in [-0.4, -0.2) is 14.6 Å². The molecule has 0 aliphatic rings. The summed E-state index contributed by atoms with van der Waals surface area (Å²) in [6, 6.07) is 3.89. The molecule has 0 saturated heterocycles. The first kappa shape index (κ1) is 6.84. The molecule has 4 nitrogen and oxygen atoms in total.